The van der Waals surface area contributed by atoms with E-state index in [1.165, 1.54) is 5.56 Å². The SMILES string of the molecule is CNC1CC(CC(C)(C)C)Oc2cc(OC)ccc21. The fourth-order valence-corrected chi connectivity index (χ4v) is 2.73. The lowest BCUT2D eigenvalue weighted by Gasteiger charge is -2.35. The first kappa shape index (κ1) is 14.2. The van der Waals surface area contributed by atoms with Crippen molar-refractivity contribution in [1.29, 1.82) is 0 Å². The number of fused-ring (bicyclic) bond motifs is 1. The average molecular weight is 263 g/mol. The molecule has 1 aliphatic rings. The zero-order valence-electron chi connectivity index (χ0n) is 12.6. The summed E-state index contributed by atoms with van der Waals surface area (Å²) in [5, 5.41) is 3.39. The van der Waals surface area contributed by atoms with Crippen LogP contribution in [0.2, 0.25) is 0 Å². The van der Waals surface area contributed by atoms with Gasteiger partial charge in [-0.25, -0.2) is 0 Å². The van der Waals surface area contributed by atoms with Gasteiger partial charge in [-0.1, -0.05) is 26.8 Å². The third kappa shape index (κ3) is 3.41. The van der Waals surface area contributed by atoms with E-state index in [1.54, 1.807) is 7.11 Å². The van der Waals surface area contributed by atoms with Crippen molar-refractivity contribution < 1.29 is 9.47 Å². The number of methoxy groups -OCH3 is 1. The fourth-order valence-electron chi connectivity index (χ4n) is 2.73. The Balaban J connectivity index is 2.24. The molecule has 0 radical (unpaired) electrons. The molecule has 0 fully saturated rings. The predicted octanol–water partition coefficient (Wildman–Crippen LogP) is 3.54. The molecular weight excluding hydrogens is 238 g/mol. The van der Waals surface area contributed by atoms with E-state index in [9.17, 15) is 0 Å². The van der Waals surface area contributed by atoms with Crippen LogP contribution >= 0.6 is 0 Å². The number of rotatable bonds is 3. The minimum absolute atomic E-state index is 0.261. The monoisotopic (exact) mass is 263 g/mol. The topological polar surface area (TPSA) is 30.5 Å². The maximum absolute atomic E-state index is 6.16. The first-order valence-electron chi connectivity index (χ1n) is 6.95. The Morgan fingerprint density at radius 2 is 2.11 bits per heavy atom. The molecule has 1 N–H and O–H groups in total. The molecule has 1 aliphatic heterocycles. The van der Waals surface area contributed by atoms with Gasteiger partial charge in [0.15, 0.2) is 0 Å². The summed E-state index contributed by atoms with van der Waals surface area (Å²) in [6, 6.07) is 6.45. The summed E-state index contributed by atoms with van der Waals surface area (Å²) in [5.41, 5.74) is 1.51. The van der Waals surface area contributed by atoms with Gasteiger partial charge in [0.05, 0.1) is 7.11 Å². The second-order valence-corrected chi connectivity index (χ2v) is 6.49. The van der Waals surface area contributed by atoms with Gasteiger partial charge in [0.25, 0.3) is 0 Å². The largest absolute Gasteiger partial charge is 0.497 e. The number of hydrogen-bond donors (Lipinski definition) is 1. The van der Waals surface area contributed by atoms with Gasteiger partial charge in [-0.05, 0) is 24.9 Å². The lowest BCUT2D eigenvalue weighted by atomic mass is 9.85. The molecular formula is C16H25NO2. The summed E-state index contributed by atoms with van der Waals surface area (Å²) in [4.78, 5) is 0. The molecule has 0 bridgehead atoms. The van der Waals surface area contributed by atoms with Crippen molar-refractivity contribution in [2.75, 3.05) is 14.2 Å². The Kier molecular flexibility index (Phi) is 4.04. The van der Waals surface area contributed by atoms with Gasteiger partial charge >= 0.3 is 0 Å². The van der Waals surface area contributed by atoms with Crippen molar-refractivity contribution in [1.82, 2.24) is 5.32 Å². The minimum atomic E-state index is 0.261. The highest BCUT2D eigenvalue weighted by molar-refractivity contribution is 5.44. The van der Waals surface area contributed by atoms with Crippen LogP contribution in [0, 0.1) is 5.41 Å². The lowest BCUT2D eigenvalue weighted by Crippen LogP contribution is -2.33. The molecule has 2 atom stereocenters. The average Bonchev–Trinajstić information content (AvgIpc) is 2.34. The van der Waals surface area contributed by atoms with E-state index in [2.05, 4.69) is 32.2 Å². The summed E-state index contributed by atoms with van der Waals surface area (Å²) < 4.78 is 11.4. The third-order valence-electron chi connectivity index (χ3n) is 3.58. The maximum Gasteiger partial charge on any atom is 0.128 e. The molecule has 0 aliphatic carbocycles. The van der Waals surface area contributed by atoms with Gasteiger partial charge in [0, 0.05) is 24.1 Å². The van der Waals surface area contributed by atoms with Crippen molar-refractivity contribution in [2.45, 2.75) is 45.8 Å². The molecule has 3 nitrogen and oxygen atoms in total. The number of nitrogens with one attached hydrogen (secondary N) is 1. The lowest BCUT2D eigenvalue weighted by molar-refractivity contribution is 0.106. The Bertz CT molecular complexity index is 437. The molecule has 1 aromatic carbocycles. The van der Waals surface area contributed by atoms with E-state index in [0.29, 0.717) is 6.04 Å². The molecule has 0 saturated carbocycles. The Labute approximate surface area is 116 Å². The Morgan fingerprint density at radius 1 is 1.37 bits per heavy atom. The number of benzene rings is 1. The van der Waals surface area contributed by atoms with Crippen LogP contribution in [0.3, 0.4) is 0 Å². The summed E-state index contributed by atoms with van der Waals surface area (Å²) in [6.07, 6.45) is 2.34. The molecule has 2 unspecified atom stereocenters. The van der Waals surface area contributed by atoms with E-state index < -0.39 is 0 Å². The molecule has 2 rings (SSSR count). The summed E-state index contributed by atoms with van der Waals surface area (Å²) in [7, 11) is 3.70. The van der Waals surface area contributed by atoms with E-state index in [4.69, 9.17) is 9.47 Å². The van der Waals surface area contributed by atoms with E-state index in [0.717, 1.165) is 24.3 Å². The van der Waals surface area contributed by atoms with Crippen molar-refractivity contribution in [3.8, 4) is 11.5 Å². The molecule has 0 spiro atoms. The van der Waals surface area contributed by atoms with Crippen molar-refractivity contribution in [3.05, 3.63) is 23.8 Å². The van der Waals surface area contributed by atoms with E-state index in [1.807, 2.05) is 19.2 Å². The van der Waals surface area contributed by atoms with Gasteiger partial charge in [-0.15, -0.1) is 0 Å². The van der Waals surface area contributed by atoms with E-state index >= 15 is 0 Å². The van der Waals surface area contributed by atoms with Crippen LogP contribution in [0.5, 0.6) is 11.5 Å². The minimum Gasteiger partial charge on any atom is -0.497 e. The molecule has 0 amide bonds. The highest BCUT2D eigenvalue weighted by Gasteiger charge is 2.30. The maximum atomic E-state index is 6.16. The molecule has 19 heavy (non-hydrogen) atoms. The van der Waals surface area contributed by atoms with E-state index in [-0.39, 0.29) is 11.5 Å². The first-order chi connectivity index (χ1) is 8.93. The van der Waals surface area contributed by atoms with Crippen LogP contribution in [-0.4, -0.2) is 20.3 Å². The van der Waals surface area contributed by atoms with Crippen LogP contribution in [0.4, 0.5) is 0 Å². The van der Waals surface area contributed by atoms with Crippen LogP contribution < -0.4 is 14.8 Å². The third-order valence-corrected chi connectivity index (χ3v) is 3.58. The standard InChI is InChI=1S/C16H25NO2/c1-16(2,3)10-12-8-14(17-4)13-7-6-11(18-5)9-15(13)19-12/h6-7,9,12,14,17H,8,10H2,1-5H3. The molecule has 1 heterocycles. The quantitative estimate of drug-likeness (QED) is 0.904. The summed E-state index contributed by atoms with van der Waals surface area (Å²) in [6.45, 7) is 6.77. The highest BCUT2D eigenvalue weighted by Crippen LogP contribution is 2.39. The van der Waals surface area contributed by atoms with Crippen LogP contribution in [0.1, 0.15) is 45.2 Å². The zero-order chi connectivity index (χ0) is 14.0. The van der Waals surface area contributed by atoms with Crippen LogP contribution in [0.15, 0.2) is 18.2 Å². The summed E-state index contributed by atoms with van der Waals surface area (Å²) in [5.74, 6) is 1.81. The second-order valence-electron chi connectivity index (χ2n) is 6.49. The van der Waals surface area contributed by atoms with Gasteiger partial charge in [0.2, 0.25) is 0 Å². The van der Waals surface area contributed by atoms with Gasteiger partial charge < -0.3 is 14.8 Å². The van der Waals surface area contributed by atoms with Crippen molar-refractivity contribution in [2.24, 2.45) is 5.41 Å². The van der Waals surface area contributed by atoms with Gasteiger partial charge in [0.1, 0.15) is 17.6 Å². The molecule has 0 aromatic heterocycles. The molecule has 1 aromatic rings. The normalized spacial score (nSPS) is 22.6. The van der Waals surface area contributed by atoms with Crippen molar-refractivity contribution >= 4 is 0 Å². The summed E-state index contributed by atoms with van der Waals surface area (Å²) >= 11 is 0. The van der Waals surface area contributed by atoms with Crippen LogP contribution in [-0.2, 0) is 0 Å². The Hall–Kier alpha value is -1.22. The molecule has 0 saturated heterocycles. The Morgan fingerprint density at radius 3 is 2.68 bits per heavy atom. The van der Waals surface area contributed by atoms with Gasteiger partial charge in [-0.2, -0.15) is 0 Å². The van der Waals surface area contributed by atoms with Gasteiger partial charge in [-0.3, -0.25) is 0 Å². The predicted molar refractivity (Wildman–Crippen MR) is 77.9 cm³/mol. The number of hydrogen-bond acceptors (Lipinski definition) is 3. The zero-order valence-corrected chi connectivity index (χ0v) is 12.6. The highest BCUT2D eigenvalue weighted by atomic mass is 16.5. The fraction of sp³-hybridized carbons (Fsp3) is 0.625. The van der Waals surface area contributed by atoms with Crippen LogP contribution in [0.25, 0.3) is 0 Å². The second kappa shape index (κ2) is 5.41. The smallest absolute Gasteiger partial charge is 0.128 e. The first-order valence-corrected chi connectivity index (χ1v) is 6.95. The molecule has 3 heteroatoms. The molecule has 106 valence electrons. The van der Waals surface area contributed by atoms with Crippen molar-refractivity contribution in [3.63, 3.8) is 0 Å². The number of ether oxygens (including phenoxy) is 2.